The van der Waals surface area contributed by atoms with E-state index in [1.54, 1.807) is 13.2 Å². The minimum atomic E-state index is -0.506. The third kappa shape index (κ3) is 6.49. The van der Waals surface area contributed by atoms with Crippen LogP contribution in [0.4, 0.5) is 10.5 Å². The number of rotatable bonds is 8. The Balaban J connectivity index is 1.83. The van der Waals surface area contributed by atoms with Crippen LogP contribution < -0.4 is 15.0 Å². The number of benzene rings is 1. The number of amides is 2. The van der Waals surface area contributed by atoms with Gasteiger partial charge in [-0.1, -0.05) is 12.1 Å². The van der Waals surface area contributed by atoms with Crippen LogP contribution in [0.2, 0.25) is 0 Å². The van der Waals surface area contributed by atoms with Crippen LogP contribution in [0.5, 0.6) is 5.75 Å². The number of ether oxygens (including phenoxy) is 3. The van der Waals surface area contributed by atoms with Gasteiger partial charge < -0.3 is 19.1 Å². The van der Waals surface area contributed by atoms with Gasteiger partial charge in [-0.05, 0) is 57.0 Å². The van der Waals surface area contributed by atoms with Crippen molar-refractivity contribution < 1.29 is 28.6 Å². The molecule has 2 saturated heterocycles. The summed E-state index contributed by atoms with van der Waals surface area (Å²) in [6.45, 7) is 7.82. The number of anilines is 1. The minimum Gasteiger partial charge on any atom is -0.489 e. The van der Waals surface area contributed by atoms with Crippen molar-refractivity contribution in [1.82, 2.24) is 5.32 Å². The van der Waals surface area contributed by atoms with Gasteiger partial charge in [-0.2, -0.15) is 0 Å². The first-order valence-corrected chi connectivity index (χ1v) is 11.4. The molecule has 0 saturated carbocycles. The number of methoxy groups -OCH3 is 1. The molecule has 1 aromatic carbocycles. The highest BCUT2D eigenvalue weighted by molar-refractivity contribution is 8.18. The molecule has 8 nitrogen and oxygen atoms in total. The molecule has 2 aliphatic rings. The molecule has 0 unspecified atom stereocenters. The monoisotopic (exact) mass is 462 g/mol. The predicted molar refractivity (Wildman–Crippen MR) is 124 cm³/mol. The van der Waals surface area contributed by atoms with E-state index in [0.717, 1.165) is 36.0 Å². The molecule has 0 spiro atoms. The maximum atomic E-state index is 12.3. The van der Waals surface area contributed by atoms with Gasteiger partial charge in [0.25, 0.3) is 11.1 Å². The van der Waals surface area contributed by atoms with E-state index in [-0.39, 0.29) is 17.1 Å². The van der Waals surface area contributed by atoms with E-state index >= 15 is 0 Å². The van der Waals surface area contributed by atoms with Crippen LogP contribution in [0.15, 0.2) is 23.1 Å². The summed E-state index contributed by atoms with van der Waals surface area (Å²) in [6.07, 6.45) is 2.91. The first-order chi connectivity index (χ1) is 15.2. The van der Waals surface area contributed by atoms with Crippen LogP contribution in [0.25, 0.3) is 6.08 Å². The maximum absolute atomic E-state index is 12.3. The number of imide groups is 1. The van der Waals surface area contributed by atoms with Gasteiger partial charge in [-0.25, -0.2) is 0 Å². The van der Waals surface area contributed by atoms with E-state index in [0.29, 0.717) is 36.8 Å². The first-order valence-electron chi connectivity index (χ1n) is 10.6. The zero-order valence-electron chi connectivity index (χ0n) is 18.9. The summed E-state index contributed by atoms with van der Waals surface area (Å²) >= 11 is 0.882. The van der Waals surface area contributed by atoms with Crippen LogP contribution in [0.1, 0.15) is 39.2 Å². The molecule has 3 rings (SSSR count). The molecule has 0 aromatic heterocycles. The molecule has 2 fully saturated rings. The molecular formula is C23H30N2O6S. The number of hydrogen-bond donors (Lipinski definition) is 1. The number of thioether (sulfide) groups is 1. The number of carbonyl (C=O) groups excluding carboxylic acids is 3. The fraction of sp³-hybridized carbons (Fsp3) is 0.522. The van der Waals surface area contributed by atoms with E-state index in [1.165, 1.54) is 0 Å². The van der Waals surface area contributed by atoms with Gasteiger partial charge in [0.1, 0.15) is 18.0 Å². The molecule has 2 aliphatic heterocycles. The lowest BCUT2D eigenvalue weighted by molar-refractivity contribution is -0.155. The fourth-order valence-corrected chi connectivity index (χ4v) is 4.40. The summed E-state index contributed by atoms with van der Waals surface area (Å²) in [5.41, 5.74) is 1.12. The summed E-state index contributed by atoms with van der Waals surface area (Å²) < 4.78 is 16.5. The lowest BCUT2D eigenvalue weighted by Crippen LogP contribution is -2.26. The van der Waals surface area contributed by atoms with Crippen LogP contribution >= 0.6 is 11.8 Å². The standard InChI is InChI=1S/C23H30N2O6S/c1-23(2,3)31-19(26)12-15-8-9-25(14-15)20-16(13-18-21(27)24-22(28)32-18)6-5-7-17(20)30-11-10-29-4/h5-7,13,15H,8-12,14H2,1-4H3,(H,24,27,28)/b18-13-/t15-/m1/s1. The van der Waals surface area contributed by atoms with E-state index in [9.17, 15) is 14.4 Å². The van der Waals surface area contributed by atoms with Gasteiger partial charge in [0, 0.05) is 25.8 Å². The van der Waals surface area contributed by atoms with E-state index in [4.69, 9.17) is 14.2 Å². The second kappa shape index (κ2) is 10.4. The smallest absolute Gasteiger partial charge is 0.306 e. The van der Waals surface area contributed by atoms with E-state index in [1.807, 2.05) is 39.0 Å². The quantitative estimate of drug-likeness (QED) is 0.356. The molecule has 2 amide bonds. The average molecular weight is 463 g/mol. The van der Waals surface area contributed by atoms with Gasteiger partial charge in [0.15, 0.2) is 0 Å². The highest BCUT2D eigenvalue weighted by Crippen LogP contribution is 2.39. The molecule has 2 heterocycles. The van der Waals surface area contributed by atoms with Crippen LogP contribution in [0, 0.1) is 5.92 Å². The Morgan fingerprint density at radius 2 is 2.06 bits per heavy atom. The molecule has 1 atom stereocenters. The van der Waals surface area contributed by atoms with Gasteiger partial charge >= 0.3 is 5.97 Å². The van der Waals surface area contributed by atoms with Gasteiger partial charge in [-0.15, -0.1) is 0 Å². The second-order valence-electron chi connectivity index (χ2n) is 8.78. The van der Waals surface area contributed by atoms with Crippen LogP contribution in [-0.4, -0.2) is 56.1 Å². The molecule has 1 N–H and O–H groups in total. The summed E-state index contributed by atoms with van der Waals surface area (Å²) in [7, 11) is 1.61. The molecule has 9 heteroatoms. The van der Waals surface area contributed by atoms with Crippen molar-refractivity contribution in [2.45, 2.75) is 39.2 Å². The lowest BCUT2D eigenvalue weighted by Gasteiger charge is -2.25. The molecule has 1 aromatic rings. The number of esters is 1. The van der Waals surface area contributed by atoms with Crippen molar-refractivity contribution in [2.24, 2.45) is 5.92 Å². The summed E-state index contributed by atoms with van der Waals surface area (Å²) in [6, 6.07) is 5.62. The molecular weight excluding hydrogens is 432 g/mol. The molecule has 32 heavy (non-hydrogen) atoms. The fourth-order valence-electron chi connectivity index (χ4n) is 3.73. The largest absolute Gasteiger partial charge is 0.489 e. The second-order valence-corrected chi connectivity index (χ2v) is 9.79. The average Bonchev–Trinajstić information content (AvgIpc) is 3.26. The van der Waals surface area contributed by atoms with Gasteiger partial charge in [0.05, 0.1) is 23.6 Å². The Morgan fingerprint density at radius 3 is 2.72 bits per heavy atom. The minimum absolute atomic E-state index is 0.156. The third-order valence-corrected chi connectivity index (χ3v) is 5.79. The van der Waals surface area contributed by atoms with Crippen LogP contribution in [0.3, 0.4) is 0 Å². The van der Waals surface area contributed by atoms with E-state index < -0.39 is 11.5 Å². The SMILES string of the molecule is COCCOc1cccc(/C=C2\SC(=O)NC2=O)c1N1CC[C@H](CC(=O)OC(C)(C)C)C1. The van der Waals surface area contributed by atoms with Crippen LogP contribution in [-0.2, 0) is 19.1 Å². The van der Waals surface area contributed by atoms with Crippen molar-refractivity contribution in [3.63, 3.8) is 0 Å². The third-order valence-electron chi connectivity index (χ3n) is 4.98. The molecule has 0 aliphatic carbocycles. The number of hydrogen-bond acceptors (Lipinski definition) is 8. The Labute approximate surface area is 192 Å². The molecule has 0 bridgehead atoms. The van der Waals surface area contributed by atoms with Crippen molar-refractivity contribution in [1.29, 1.82) is 0 Å². The first kappa shape index (κ1) is 24.1. The number of carbonyl (C=O) groups is 3. The zero-order valence-corrected chi connectivity index (χ0v) is 19.8. The topological polar surface area (TPSA) is 94.2 Å². The Morgan fingerprint density at radius 1 is 1.28 bits per heavy atom. The zero-order chi connectivity index (χ0) is 23.3. The molecule has 174 valence electrons. The predicted octanol–water partition coefficient (Wildman–Crippen LogP) is 3.59. The Hall–Kier alpha value is -2.52. The van der Waals surface area contributed by atoms with Crippen molar-refractivity contribution >= 4 is 40.6 Å². The highest BCUT2D eigenvalue weighted by Gasteiger charge is 2.31. The van der Waals surface area contributed by atoms with Crippen molar-refractivity contribution in [2.75, 3.05) is 38.3 Å². The van der Waals surface area contributed by atoms with Gasteiger partial charge in [-0.3, -0.25) is 19.7 Å². The number of para-hydroxylation sites is 1. The Bertz CT molecular complexity index is 908. The summed E-state index contributed by atoms with van der Waals surface area (Å²) in [5, 5.41) is 1.90. The Kier molecular flexibility index (Phi) is 7.84. The normalized spacial score (nSPS) is 20.1. The highest BCUT2D eigenvalue weighted by atomic mass is 32.2. The summed E-state index contributed by atoms with van der Waals surface area (Å²) in [5.74, 6) is 0.224. The maximum Gasteiger partial charge on any atom is 0.306 e. The number of nitrogens with zero attached hydrogens (tertiary/aromatic N) is 1. The van der Waals surface area contributed by atoms with Crippen molar-refractivity contribution in [3.8, 4) is 5.75 Å². The van der Waals surface area contributed by atoms with Crippen molar-refractivity contribution in [3.05, 3.63) is 28.7 Å². The number of nitrogens with one attached hydrogen (secondary N) is 1. The van der Waals surface area contributed by atoms with Gasteiger partial charge in [0.2, 0.25) is 0 Å². The molecule has 0 radical (unpaired) electrons. The summed E-state index contributed by atoms with van der Waals surface area (Å²) in [4.78, 5) is 38.5. The van der Waals surface area contributed by atoms with E-state index in [2.05, 4.69) is 10.2 Å². The lowest BCUT2D eigenvalue weighted by atomic mass is 10.0.